The maximum Gasteiger partial charge on any atom is 0.240 e. The fourth-order valence-corrected chi connectivity index (χ4v) is 2.38. The van der Waals surface area contributed by atoms with Crippen LogP contribution in [0.4, 0.5) is 0 Å². The number of rotatable bonds is 6. The van der Waals surface area contributed by atoms with Crippen molar-refractivity contribution in [2.24, 2.45) is 5.10 Å². The third kappa shape index (κ3) is 4.77. The lowest BCUT2D eigenvalue weighted by Gasteiger charge is -2.04. The summed E-state index contributed by atoms with van der Waals surface area (Å²) in [6, 6.07) is 8.17. The smallest absolute Gasteiger partial charge is 0.240 e. The van der Waals surface area contributed by atoms with Gasteiger partial charge in [-0.2, -0.15) is 10.2 Å². The van der Waals surface area contributed by atoms with Crippen molar-refractivity contribution in [3.8, 4) is 0 Å². The number of aromatic nitrogens is 2. The van der Waals surface area contributed by atoms with Crippen molar-refractivity contribution in [2.45, 2.75) is 46.5 Å². The lowest BCUT2D eigenvalue weighted by atomic mass is 10.0. The van der Waals surface area contributed by atoms with E-state index < -0.39 is 0 Å². The quantitative estimate of drug-likeness (QED) is 0.635. The lowest BCUT2D eigenvalue weighted by Crippen LogP contribution is -2.18. The van der Waals surface area contributed by atoms with E-state index in [1.54, 1.807) is 6.21 Å². The molecule has 1 aromatic heterocycles. The van der Waals surface area contributed by atoms with E-state index in [1.807, 2.05) is 26.0 Å². The van der Waals surface area contributed by atoms with Crippen molar-refractivity contribution >= 4 is 12.1 Å². The molecule has 2 aromatic rings. The molecule has 23 heavy (non-hydrogen) atoms. The van der Waals surface area contributed by atoms with Crippen LogP contribution in [-0.4, -0.2) is 22.3 Å². The largest absolute Gasteiger partial charge is 0.282 e. The molecule has 0 fully saturated rings. The second-order valence-electron chi connectivity index (χ2n) is 6.03. The molecule has 0 aliphatic carbocycles. The molecule has 0 aliphatic rings. The molecule has 0 spiro atoms. The molecule has 1 amide bonds. The van der Waals surface area contributed by atoms with Crippen LogP contribution in [0.1, 0.15) is 54.3 Å². The third-order valence-corrected chi connectivity index (χ3v) is 3.89. The summed E-state index contributed by atoms with van der Waals surface area (Å²) >= 11 is 0. The summed E-state index contributed by atoms with van der Waals surface area (Å²) in [5, 5.41) is 11.1. The van der Waals surface area contributed by atoms with Crippen LogP contribution in [0.5, 0.6) is 0 Å². The molecular weight excluding hydrogens is 288 g/mol. The number of hydrogen-bond acceptors (Lipinski definition) is 3. The summed E-state index contributed by atoms with van der Waals surface area (Å²) in [6.45, 7) is 8.22. The first-order valence-corrected chi connectivity index (χ1v) is 7.89. The number of nitrogens with zero attached hydrogens (tertiary/aromatic N) is 2. The molecule has 1 heterocycles. The van der Waals surface area contributed by atoms with E-state index in [9.17, 15) is 4.79 Å². The summed E-state index contributed by atoms with van der Waals surface area (Å²) in [5.41, 5.74) is 7.90. The van der Waals surface area contributed by atoms with Gasteiger partial charge in [-0.1, -0.05) is 38.1 Å². The van der Waals surface area contributed by atoms with Crippen LogP contribution in [0, 0.1) is 13.8 Å². The molecule has 1 aromatic carbocycles. The van der Waals surface area contributed by atoms with E-state index in [2.05, 4.69) is 46.7 Å². The number of aryl methyl sites for hydroxylation is 2. The Bertz CT molecular complexity index is 664. The van der Waals surface area contributed by atoms with Crippen LogP contribution in [0.3, 0.4) is 0 Å². The number of benzene rings is 1. The van der Waals surface area contributed by atoms with E-state index >= 15 is 0 Å². The van der Waals surface area contributed by atoms with Crippen LogP contribution < -0.4 is 5.43 Å². The van der Waals surface area contributed by atoms with Gasteiger partial charge in [0.15, 0.2) is 0 Å². The molecule has 0 radical (unpaired) electrons. The van der Waals surface area contributed by atoms with E-state index in [0.29, 0.717) is 18.8 Å². The van der Waals surface area contributed by atoms with Gasteiger partial charge in [0.05, 0.1) is 11.9 Å². The van der Waals surface area contributed by atoms with Gasteiger partial charge in [-0.3, -0.25) is 9.89 Å². The second-order valence-corrected chi connectivity index (χ2v) is 6.03. The van der Waals surface area contributed by atoms with Crippen LogP contribution in [-0.2, 0) is 11.2 Å². The fourth-order valence-electron chi connectivity index (χ4n) is 2.38. The zero-order valence-corrected chi connectivity index (χ0v) is 14.2. The number of nitrogens with one attached hydrogen (secondary N) is 2. The van der Waals surface area contributed by atoms with Gasteiger partial charge in [0.1, 0.15) is 0 Å². The Kier molecular flexibility index (Phi) is 5.68. The van der Waals surface area contributed by atoms with Crippen molar-refractivity contribution in [1.29, 1.82) is 0 Å². The number of carbonyl (C=O) groups is 1. The number of aromatic amines is 1. The highest BCUT2D eigenvalue weighted by molar-refractivity contribution is 5.82. The van der Waals surface area contributed by atoms with E-state index in [1.165, 1.54) is 5.56 Å². The summed E-state index contributed by atoms with van der Waals surface area (Å²) < 4.78 is 0. The molecule has 0 saturated carbocycles. The molecule has 0 unspecified atom stereocenters. The Morgan fingerprint density at radius 3 is 2.57 bits per heavy atom. The highest BCUT2D eigenvalue weighted by Crippen LogP contribution is 2.14. The van der Waals surface area contributed by atoms with Gasteiger partial charge in [0.2, 0.25) is 5.91 Å². The molecule has 0 aliphatic heterocycles. The highest BCUT2D eigenvalue weighted by atomic mass is 16.2. The minimum Gasteiger partial charge on any atom is -0.282 e. The average Bonchev–Trinajstić information content (AvgIpc) is 2.84. The lowest BCUT2D eigenvalue weighted by molar-refractivity contribution is -0.121. The van der Waals surface area contributed by atoms with E-state index in [4.69, 9.17) is 0 Å². The summed E-state index contributed by atoms with van der Waals surface area (Å²) in [7, 11) is 0. The molecule has 2 rings (SSSR count). The first-order chi connectivity index (χ1) is 11.0. The van der Waals surface area contributed by atoms with E-state index in [0.717, 1.165) is 22.5 Å². The molecule has 0 saturated heterocycles. The maximum atomic E-state index is 11.8. The number of hydrazone groups is 1. The molecule has 0 atom stereocenters. The number of amides is 1. The van der Waals surface area contributed by atoms with Crippen LogP contribution in [0.2, 0.25) is 0 Å². The molecule has 5 nitrogen and oxygen atoms in total. The monoisotopic (exact) mass is 312 g/mol. The fraction of sp³-hybridized carbons (Fsp3) is 0.389. The topological polar surface area (TPSA) is 70.1 Å². The zero-order chi connectivity index (χ0) is 16.8. The van der Waals surface area contributed by atoms with Gasteiger partial charge in [-0.15, -0.1) is 0 Å². The highest BCUT2D eigenvalue weighted by Gasteiger charge is 2.08. The predicted octanol–water partition coefficient (Wildman–Crippen LogP) is 3.23. The second kappa shape index (κ2) is 7.72. The van der Waals surface area contributed by atoms with Gasteiger partial charge in [-0.25, -0.2) is 5.43 Å². The van der Waals surface area contributed by atoms with Gasteiger partial charge in [-0.05, 0) is 42.9 Å². The molecule has 0 bridgehead atoms. The Hall–Kier alpha value is -2.43. The average molecular weight is 312 g/mol. The minimum absolute atomic E-state index is 0.0972. The van der Waals surface area contributed by atoms with Gasteiger partial charge < -0.3 is 0 Å². The molecule has 122 valence electrons. The normalized spacial score (nSPS) is 11.3. The SMILES string of the molecule is Cc1n[nH]c(C)c1CCC(=O)N/N=C\c1ccc(C(C)C)cc1. The summed E-state index contributed by atoms with van der Waals surface area (Å²) in [5.74, 6) is 0.413. The first-order valence-electron chi connectivity index (χ1n) is 7.89. The number of hydrogen-bond donors (Lipinski definition) is 2. The van der Waals surface area contributed by atoms with Crippen LogP contribution in [0.15, 0.2) is 29.4 Å². The number of H-pyrrole nitrogens is 1. The van der Waals surface area contributed by atoms with Crippen LogP contribution >= 0.6 is 0 Å². The standard InChI is InChI=1S/C18H24N4O/c1-12(2)16-7-5-15(6-8-16)11-19-22-18(23)10-9-17-13(3)20-21-14(17)4/h5-8,11-12H,9-10H2,1-4H3,(H,20,21)(H,22,23)/b19-11-. The Morgan fingerprint density at radius 1 is 1.30 bits per heavy atom. The summed E-state index contributed by atoms with van der Waals surface area (Å²) in [6.07, 6.45) is 2.72. The Morgan fingerprint density at radius 2 is 2.00 bits per heavy atom. The minimum atomic E-state index is -0.0972. The predicted molar refractivity (Wildman–Crippen MR) is 92.7 cm³/mol. The van der Waals surface area contributed by atoms with Crippen molar-refractivity contribution in [3.05, 3.63) is 52.3 Å². The molecule has 2 N–H and O–H groups in total. The van der Waals surface area contributed by atoms with E-state index in [-0.39, 0.29) is 5.91 Å². The van der Waals surface area contributed by atoms with Crippen molar-refractivity contribution in [1.82, 2.24) is 15.6 Å². The Labute approximate surface area is 137 Å². The van der Waals surface area contributed by atoms with Gasteiger partial charge >= 0.3 is 0 Å². The van der Waals surface area contributed by atoms with Crippen molar-refractivity contribution in [3.63, 3.8) is 0 Å². The van der Waals surface area contributed by atoms with Crippen molar-refractivity contribution < 1.29 is 4.79 Å². The van der Waals surface area contributed by atoms with Crippen molar-refractivity contribution in [2.75, 3.05) is 0 Å². The first kappa shape index (κ1) is 16.9. The van der Waals surface area contributed by atoms with Gasteiger partial charge in [0.25, 0.3) is 0 Å². The van der Waals surface area contributed by atoms with Crippen LogP contribution in [0.25, 0.3) is 0 Å². The molecule has 5 heteroatoms. The zero-order valence-electron chi connectivity index (χ0n) is 14.2. The summed E-state index contributed by atoms with van der Waals surface area (Å²) in [4.78, 5) is 11.8. The number of carbonyl (C=O) groups excluding carboxylic acids is 1. The van der Waals surface area contributed by atoms with Gasteiger partial charge in [0, 0.05) is 12.1 Å². The Balaban J connectivity index is 1.82. The molecular formula is C18H24N4O. The third-order valence-electron chi connectivity index (χ3n) is 3.89. The maximum absolute atomic E-state index is 11.8.